The normalized spacial score (nSPS) is 13.0. The van der Waals surface area contributed by atoms with Crippen molar-refractivity contribution in [3.63, 3.8) is 0 Å². The highest BCUT2D eigenvalue weighted by Crippen LogP contribution is 2.30. The van der Waals surface area contributed by atoms with Gasteiger partial charge in [-0.1, -0.05) is 29.8 Å². The summed E-state index contributed by atoms with van der Waals surface area (Å²) in [4.78, 5) is 0. The van der Waals surface area contributed by atoms with Crippen molar-refractivity contribution in [3.05, 3.63) is 65.2 Å². The summed E-state index contributed by atoms with van der Waals surface area (Å²) in [5.41, 5.74) is 7.28. The number of halogens is 3. The molecule has 2 rings (SSSR count). The van der Waals surface area contributed by atoms with Crippen molar-refractivity contribution in [3.8, 4) is 5.75 Å². The maximum Gasteiger partial charge on any atom is 0.416 e. The number of benzene rings is 2. The van der Waals surface area contributed by atoms with E-state index in [1.807, 2.05) is 31.2 Å². The van der Waals surface area contributed by atoms with Crippen LogP contribution in [0.1, 0.15) is 22.6 Å². The van der Waals surface area contributed by atoms with Crippen molar-refractivity contribution < 1.29 is 17.9 Å². The van der Waals surface area contributed by atoms with Crippen LogP contribution in [0.15, 0.2) is 48.5 Å². The fourth-order valence-electron chi connectivity index (χ4n) is 2.16. The Morgan fingerprint density at radius 1 is 1.09 bits per heavy atom. The molecule has 0 heterocycles. The molecule has 2 N–H and O–H groups in total. The Labute approximate surface area is 127 Å². The van der Waals surface area contributed by atoms with Crippen LogP contribution >= 0.6 is 0 Å². The molecule has 0 spiro atoms. The highest BCUT2D eigenvalue weighted by molar-refractivity contribution is 5.30. The molecule has 2 aromatic rings. The van der Waals surface area contributed by atoms with E-state index in [1.54, 1.807) is 0 Å². The zero-order valence-electron chi connectivity index (χ0n) is 12.2. The number of rotatable bonds is 5. The Hall–Kier alpha value is -2.01. The molecule has 5 heteroatoms. The molecule has 0 aliphatic carbocycles. The summed E-state index contributed by atoms with van der Waals surface area (Å²) in [6.45, 7) is 2.73. The lowest BCUT2D eigenvalue weighted by Crippen LogP contribution is -2.19. The topological polar surface area (TPSA) is 35.2 Å². The van der Waals surface area contributed by atoms with E-state index in [0.717, 1.165) is 23.3 Å². The quantitative estimate of drug-likeness (QED) is 0.901. The molecule has 1 atom stereocenters. The van der Waals surface area contributed by atoms with E-state index in [2.05, 4.69) is 0 Å². The maximum absolute atomic E-state index is 12.5. The summed E-state index contributed by atoms with van der Waals surface area (Å²) in [7, 11) is 0. The maximum atomic E-state index is 12.5. The lowest BCUT2D eigenvalue weighted by molar-refractivity contribution is -0.137. The minimum atomic E-state index is -4.33. The van der Waals surface area contributed by atoms with E-state index in [9.17, 15) is 13.2 Å². The summed E-state index contributed by atoms with van der Waals surface area (Å²) in [6, 6.07) is 12.6. The van der Waals surface area contributed by atoms with Crippen molar-refractivity contribution in [1.29, 1.82) is 0 Å². The smallest absolute Gasteiger partial charge is 0.416 e. The minimum Gasteiger partial charge on any atom is -0.493 e. The van der Waals surface area contributed by atoms with Crippen molar-refractivity contribution in [2.45, 2.75) is 19.0 Å². The Bertz CT molecular complexity index is 608. The zero-order chi connectivity index (χ0) is 16.2. The summed E-state index contributed by atoms with van der Waals surface area (Å²) in [5, 5.41) is 0. The van der Waals surface area contributed by atoms with E-state index in [4.69, 9.17) is 10.5 Å². The second kappa shape index (κ2) is 6.83. The van der Waals surface area contributed by atoms with Crippen molar-refractivity contribution in [2.75, 3.05) is 13.2 Å². The van der Waals surface area contributed by atoms with Crippen molar-refractivity contribution in [2.24, 2.45) is 5.73 Å². The van der Waals surface area contributed by atoms with Gasteiger partial charge in [-0.25, -0.2) is 0 Å². The van der Waals surface area contributed by atoms with Crippen LogP contribution in [0.4, 0.5) is 13.2 Å². The largest absolute Gasteiger partial charge is 0.493 e. The first-order valence-electron chi connectivity index (χ1n) is 6.97. The molecule has 0 radical (unpaired) electrons. The number of nitrogens with two attached hydrogens (primary N) is 1. The molecular weight excluding hydrogens is 291 g/mol. The lowest BCUT2D eigenvalue weighted by Gasteiger charge is -2.17. The first-order chi connectivity index (χ1) is 10.4. The second-order valence-corrected chi connectivity index (χ2v) is 5.18. The average molecular weight is 309 g/mol. The van der Waals surface area contributed by atoms with Gasteiger partial charge >= 0.3 is 6.18 Å². The molecule has 0 amide bonds. The average Bonchev–Trinajstić information content (AvgIpc) is 2.47. The molecule has 0 fully saturated rings. The molecule has 2 nitrogen and oxygen atoms in total. The van der Waals surface area contributed by atoms with Gasteiger partial charge in [-0.05, 0) is 36.8 Å². The Kier molecular flexibility index (Phi) is 5.08. The molecule has 0 saturated carbocycles. The molecule has 1 unspecified atom stereocenters. The molecule has 0 bridgehead atoms. The van der Waals surface area contributed by atoms with Gasteiger partial charge in [0.25, 0.3) is 0 Å². The number of aryl methyl sites for hydroxylation is 1. The summed E-state index contributed by atoms with van der Waals surface area (Å²) in [6.07, 6.45) is -4.33. The van der Waals surface area contributed by atoms with Crippen molar-refractivity contribution >= 4 is 0 Å². The first-order valence-corrected chi connectivity index (χ1v) is 6.97. The van der Waals surface area contributed by atoms with Crippen LogP contribution in [0.3, 0.4) is 0 Å². The second-order valence-electron chi connectivity index (χ2n) is 5.18. The molecular formula is C17H18F3NO. The SMILES string of the molecule is Cc1cccc(C(CN)COc2ccc(C(F)(F)F)cc2)c1. The van der Waals surface area contributed by atoms with Crippen LogP contribution in [0, 0.1) is 6.92 Å². The Morgan fingerprint density at radius 2 is 1.77 bits per heavy atom. The standard InChI is InChI=1S/C17H18F3NO/c1-12-3-2-4-13(9-12)14(10-21)11-22-16-7-5-15(6-8-16)17(18,19)20/h2-9,14H,10-11,21H2,1H3. The fraction of sp³-hybridized carbons (Fsp3) is 0.294. The van der Waals surface area contributed by atoms with Gasteiger partial charge in [0.2, 0.25) is 0 Å². The third-order valence-electron chi connectivity index (χ3n) is 3.43. The fourth-order valence-corrected chi connectivity index (χ4v) is 2.16. The highest BCUT2D eigenvalue weighted by atomic mass is 19.4. The zero-order valence-corrected chi connectivity index (χ0v) is 12.2. The van der Waals surface area contributed by atoms with Gasteiger partial charge in [-0.2, -0.15) is 13.2 Å². The number of hydrogen-bond donors (Lipinski definition) is 1. The predicted octanol–water partition coefficient (Wildman–Crippen LogP) is 4.14. The summed E-state index contributed by atoms with van der Waals surface area (Å²) >= 11 is 0. The van der Waals surface area contributed by atoms with Gasteiger partial charge in [0.1, 0.15) is 5.75 Å². The molecule has 0 aliphatic heterocycles. The van der Waals surface area contributed by atoms with Gasteiger partial charge in [-0.15, -0.1) is 0 Å². The Morgan fingerprint density at radius 3 is 2.32 bits per heavy atom. The Balaban J connectivity index is 2.02. The van der Waals surface area contributed by atoms with E-state index in [-0.39, 0.29) is 5.92 Å². The third-order valence-corrected chi connectivity index (χ3v) is 3.43. The monoisotopic (exact) mass is 309 g/mol. The summed E-state index contributed by atoms with van der Waals surface area (Å²) < 4.78 is 43.0. The van der Waals surface area contributed by atoms with Crippen LogP contribution in [0.5, 0.6) is 5.75 Å². The van der Waals surface area contributed by atoms with Crippen LogP contribution in [0.25, 0.3) is 0 Å². The number of hydrogen-bond acceptors (Lipinski definition) is 2. The molecule has 2 aromatic carbocycles. The van der Waals surface area contributed by atoms with Gasteiger partial charge < -0.3 is 10.5 Å². The first kappa shape index (κ1) is 16.4. The van der Waals surface area contributed by atoms with Crippen LogP contribution < -0.4 is 10.5 Å². The highest BCUT2D eigenvalue weighted by Gasteiger charge is 2.30. The lowest BCUT2D eigenvalue weighted by atomic mass is 9.98. The minimum absolute atomic E-state index is 0.00203. The van der Waals surface area contributed by atoms with Crippen LogP contribution in [-0.4, -0.2) is 13.2 Å². The van der Waals surface area contributed by atoms with Crippen LogP contribution in [0.2, 0.25) is 0 Å². The number of ether oxygens (including phenoxy) is 1. The van der Waals surface area contributed by atoms with Gasteiger partial charge in [-0.3, -0.25) is 0 Å². The third kappa shape index (κ3) is 4.24. The molecule has 22 heavy (non-hydrogen) atoms. The van der Waals surface area contributed by atoms with E-state index in [0.29, 0.717) is 18.9 Å². The van der Waals surface area contributed by atoms with Crippen LogP contribution in [-0.2, 0) is 6.18 Å². The summed E-state index contributed by atoms with van der Waals surface area (Å²) in [5.74, 6) is 0.404. The predicted molar refractivity (Wildman–Crippen MR) is 79.9 cm³/mol. The van der Waals surface area contributed by atoms with Gasteiger partial charge in [0.15, 0.2) is 0 Å². The van der Waals surface area contributed by atoms with Gasteiger partial charge in [0.05, 0.1) is 12.2 Å². The molecule has 0 saturated heterocycles. The van der Waals surface area contributed by atoms with Gasteiger partial charge in [0, 0.05) is 12.5 Å². The molecule has 0 aromatic heterocycles. The molecule has 0 aliphatic rings. The number of alkyl halides is 3. The van der Waals surface area contributed by atoms with E-state index < -0.39 is 11.7 Å². The molecule has 118 valence electrons. The van der Waals surface area contributed by atoms with Crippen molar-refractivity contribution in [1.82, 2.24) is 0 Å². The van der Waals surface area contributed by atoms with E-state index >= 15 is 0 Å². The van der Waals surface area contributed by atoms with E-state index in [1.165, 1.54) is 12.1 Å².